The molecular formula is C10H11N5O3S2. The van der Waals surface area contributed by atoms with E-state index < -0.39 is 10.0 Å². The van der Waals surface area contributed by atoms with E-state index in [0.717, 1.165) is 9.14 Å². The average Bonchev–Trinajstić information content (AvgIpc) is 3.02. The van der Waals surface area contributed by atoms with Crippen molar-refractivity contribution in [1.82, 2.24) is 23.8 Å². The van der Waals surface area contributed by atoms with Crippen LogP contribution in [0.2, 0.25) is 0 Å². The highest BCUT2D eigenvalue weighted by molar-refractivity contribution is 7.88. The average molecular weight is 313 g/mol. The topological polar surface area (TPSA) is 93.6 Å². The number of fused-ring (bicyclic) bond motifs is 1. The van der Waals surface area contributed by atoms with Crippen molar-refractivity contribution in [2.45, 2.75) is 5.75 Å². The standard InChI is InChI=1S/C10H11N5O3S2/c1-14(2)20(16,17)5-8-12-10(18-13-8)7-4-19-9-3-11-6-15(7)9/h3-4,6H,5H2,1-2H3. The van der Waals surface area contributed by atoms with E-state index in [4.69, 9.17) is 4.52 Å². The van der Waals surface area contributed by atoms with Crippen molar-refractivity contribution in [3.05, 3.63) is 23.7 Å². The summed E-state index contributed by atoms with van der Waals surface area (Å²) in [7, 11) is -0.482. The number of hydrogen-bond donors (Lipinski definition) is 0. The van der Waals surface area contributed by atoms with Crippen LogP contribution in [0.15, 0.2) is 22.4 Å². The summed E-state index contributed by atoms with van der Waals surface area (Å²) < 4.78 is 31.6. The summed E-state index contributed by atoms with van der Waals surface area (Å²) >= 11 is 1.49. The van der Waals surface area contributed by atoms with Crippen LogP contribution in [0.5, 0.6) is 0 Å². The first-order chi connectivity index (χ1) is 9.47. The van der Waals surface area contributed by atoms with E-state index in [9.17, 15) is 8.42 Å². The normalized spacial score (nSPS) is 12.6. The first kappa shape index (κ1) is 13.2. The molecule has 0 bridgehead atoms. The van der Waals surface area contributed by atoms with E-state index in [0.29, 0.717) is 5.69 Å². The van der Waals surface area contributed by atoms with Crippen LogP contribution in [0.25, 0.3) is 16.4 Å². The second-order valence-corrected chi connectivity index (χ2v) is 7.35. The van der Waals surface area contributed by atoms with Crippen LogP contribution >= 0.6 is 11.3 Å². The van der Waals surface area contributed by atoms with Gasteiger partial charge in [0.1, 0.15) is 22.6 Å². The monoisotopic (exact) mass is 313 g/mol. The molecule has 106 valence electrons. The van der Waals surface area contributed by atoms with Crippen LogP contribution in [-0.4, -0.2) is 46.3 Å². The first-order valence-electron chi connectivity index (χ1n) is 5.60. The fourth-order valence-corrected chi connectivity index (χ4v) is 3.12. The zero-order valence-electron chi connectivity index (χ0n) is 10.7. The molecule has 0 saturated carbocycles. The lowest BCUT2D eigenvalue weighted by Crippen LogP contribution is -2.24. The molecular weight excluding hydrogens is 302 g/mol. The number of sulfonamides is 1. The number of rotatable bonds is 4. The second-order valence-electron chi connectivity index (χ2n) is 4.28. The Labute approximate surface area is 118 Å². The van der Waals surface area contributed by atoms with Crippen molar-refractivity contribution < 1.29 is 12.9 Å². The van der Waals surface area contributed by atoms with Gasteiger partial charge in [-0.25, -0.2) is 17.7 Å². The molecule has 8 nitrogen and oxygen atoms in total. The molecule has 10 heteroatoms. The lowest BCUT2D eigenvalue weighted by Gasteiger charge is -2.07. The lowest BCUT2D eigenvalue weighted by atomic mass is 10.5. The third-order valence-corrected chi connectivity index (χ3v) is 5.33. The maximum atomic E-state index is 11.8. The maximum absolute atomic E-state index is 11.8. The minimum absolute atomic E-state index is 0.133. The van der Waals surface area contributed by atoms with Crippen molar-refractivity contribution in [3.63, 3.8) is 0 Å². The second kappa shape index (κ2) is 4.65. The summed E-state index contributed by atoms with van der Waals surface area (Å²) in [5.74, 6) is 0.118. The largest absolute Gasteiger partial charge is 0.332 e. The fourth-order valence-electron chi connectivity index (χ4n) is 1.59. The van der Waals surface area contributed by atoms with E-state index in [1.165, 1.54) is 25.4 Å². The van der Waals surface area contributed by atoms with E-state index in [-0.39, 0.29) is 17.5 Å². The Morgan fingerprint density at radius 3 is 3.00 bits per heavy atom. The zero-order valence-corrected chi connectivity index (χ0v) is 12.3. The van der Waals surface area contributed by atoms with Crippen LogP contribution in [0, 0.1) is 0 Å². The Morgan fingerprint density at radius 2 is 2.25 bits per heavy atom. The molecule has 0 aliphatic rings. The Bertz CT molecular complexity index is 845. The van der Waals surface area contributed by atoms with Crippen molar-refractivity contribution in [1.29, 1.82) is 0 Å². The SMILES string of the molecule is CN(C)S(=O)(=O)Cc1noc(-c2csc3cncn23)n1. The van der Waals surface area contributed by atoms with Crippen molar-refractivity contribution in [2.24, 2.45) is 0 Å². The third kappa shape index (κ3) is 2.21. The van der Waals surface area contributed by atoms with Crippen LogP contribution in [0.1, 0.15) is 5.82 Å². The highest BCUT2D eigenvalue weighted by Crippen LogP contribution is 2.24. The number of imidazole rings is 1. The molecule has 0 radical (unpaired) electrons. The van der Waals surface area contributed by atoms with Gasteiger partial charge in [-0.3, -0.25) is 4.40 Å². The highest BCUT2D eigenvalue weighted by atomic mass is 32.2. The van der Waals surface area contributed by atoms with Crippen molar-refractivity contribution in [2.75, 3.05) is 14.1 Å². The van der Waals surface area contributed by atoms with Gasteiger partial charge in [-0.2, -0.15) is 4.98 Å². The zero-order chi connectivity index (χ0) is 14.3. The van der Waals surface area contributed by atoms with Crippen LogP contribution in [-0.2, 0) is 15.8 Å². The van der Waals surface area contributed by atoms with E-state index >= 15 is 0 Å². The molecule has 3 aromatic rings. The molecule has 0 fully saturated rings. The molecule has 0 N–H and O–H groups in total. The minimum atomic E-state index is -3.41. The Morgan fingerprint density at radius 1 is 1.45 bits per heavy atom. The van der Waals surface area contributed by atoms with Gasteiger partial charge in [0.25, 0.3) is 5.89 Å². The van der Waals surface area contributed by atoms with Gasteiger partial charge in [0.05, 0.1) is 6.20 Å². The number of aromatic nitrogens is 4. The molecule has 0 unspecified atom stereocenters. The van der Waals surface area contributed by atoms with E-state index in [2.05, 4.69) is 15.1 Å². The van der Waals surface area contributed by atoms with Crippen LogP contribution < -0.4 is 0 Å². The van der Waals surface area contributed by atoms with Gasteiger partial charge in [0.2, 0.25) is 10.0 Å². The Kier molecular flexibility index (Phi) is 3.07. The number of hydrogen-bond acceptors (Lipinski definition) is 7. The Balaban J connectivity index is 1.93. The fraction of sp³-hybridized carbons (Fsp3) is 0.300. The summed E-state index contributed by atoms with van der Waals surface area (Å²) in [4.78, 5) is 9.09. The molecule has 3 heterocycles. The van der Waals surface area contributed by atoms with Gasteiger partial charge in [0.15, 0.2) is 5.82 Å². The Hall–Kier alpha value is -1.78. The van der Waals surface area contributed by atoms with Crippen molar-refractivity contribution in [3.8, 4) is 11.6 Å². The number of nitrogens with zero attached hydrogens (tertiary/aromatic N) is 5. The molecule has 3 rings (SSSR count). The molecule has 0 aliphatic heterocycles. The van der Waals surface area contributed by atoms with Crippen LogP contribution in [0.3, 0.4) is 0 Å². The van der Waals surface area contributed by atoms with Gasteiger partial charge < -0.3 is 4.52 Å². The van der Waals surface area contributed by atoms with E-state index in [1.54, 1.807) is 12.5 Å². The van der Waals surface area contributed by atoms with E-state index in [1.807, 2.05) is 9.78 Å². The smallest absolute Gasteiger partial charge is 0.275 e. The molecule has 20 heavy (non-hydrogen) atoms. The summed E-state index contributed by atoms with van der Waals surface area (Å²) in [6.07, 6.45) is 3.36. The van der Waals surface area contributed by atoms with Gasteiger partial charge in [0, 0.05) is 19.5 Å². The highest BCUT2D eigenvalue weighted by Gasteiger charge is 2.20. The summed E-state index contributed by atoms with van der Waals surface area (Å²) in [6.45, 7) is 0. The first-order valence-corrected chi connectivity index (χ1v) is 8.09. The predicted molar refractivity (Wildman–Crippen MR) is 72.7 cm³/mol. The molecule has 0 spiro atoms. The summed E-state index contributed by atoms with van der Waals surface area (Å²) in [6, 6.07) is 0. The van der Waals surface area contributed by atoms with Crippen molar-refractivity contribution >= 4 is 26.2 Å². The number of thiazole rings is 1. The summed E-state index contributed by atoms with van der Waals surface area (Å²) in [5, 5.41) is 5.57. The third-order valence-electron chi connectivity index (χ3n) is 2.71. The van der Waals surface area contributed by atoms with Gasteiger partial charge in [-0.05, 0) is 0 Å². The van der Waals surface area contributed by atoms with Gasteiger partial charge in [-0.1, -0.05) is 5.16 Å². The van der Waals surface area contributed by atoms with Gasteiger partial charge >= 0.3 is 0 Å². The summed E-state index contributed by atoms with van der Waals surface area (Å²) in [5.41, 5.74) is 0.698. The molecule has 0 saturated heterocycles. The molecule has 0 amide bonds. The molecule has 0 aromatic carbocycles. The maximum Gasteiger partial charge on any atom is 0.275 e. The molecule has 0 atom stereocenters. The minimum Gasteiger partial charge on any atom is -0.332 e. The predicted octanol–water partition coefficient (Wildman–Crippen LogP) is 0.837. The van der Waals surface area contributed by atoms with Crippen LogP contribution in [0.4, 0.5) is 0 Å². The quantitative estimate of drug-likeness (QED) is 0.708. The molecule has 0 aliphatic carbocycles. The lowest BCUT2D eigenvalue weighted by molar-refractivity contribution is 0.422. The molecule has 3 aromatic heterocycles. The van der Waals surface area contributed by atoms with Gasteiger partial charge in [-0.15, -0.1) is 11.3 Å².